The molecule has 1 aliphatic heterocycles. The number of carbonyl (C=O) groups excluding carboxylic acids is 2. The molecule has 4 N–H and O–H groups in total. The molecule has 1 heterocycles. The summed E-state index contributed by atoms with van der Waals surface area (Å²) in [6.07, 6.45) is 0.967. The number of fused-ring (bicyclic) bond motifs is 1. The van der Waals surface area contributed by atoms with Crippen molar-refractivity contribution in [1.29, 1.82) is 0 Å². The lowest BCUT2D eigenvalue weighted by Gasteiger charge is -2.17. The molecule has 0 radical (unpaired) electrons. The van der Waals surface area contributed by atoms with Gasteiger partial charge in [-0.15, -0.1) is 0 Å². The first-order valence-electron chi connectivity index (χ1n) is 12.2. The molecule has 0 fully saturated rings. The summed E-state index contributed by atoms with van der Waals surface area (Å²) in [5.74, 6) is -0.549. The fourth-order valence-electron chi connectivity index (χ4n) is 4.16. The van der Waals surface area contributed by atoms with Gasteiger partial charge < -0.3 is 26.0 Å². The van der Waals surface area contributed by atoms with Crippen LogP contribution in [0.2, 0.25) is 0 Å². The number of nitrogens with zero attached hydrogens (tertiary/aromatic N) is 1. The number of Topliss-reactive ketones (excluding diaryl/α,β-unsaturated/α-hetero) is 1. The highest BCUT2D eigenvalue weighted by molar-refractivity contribution is 6.23. The maximum atomic E-state index is 13.4. The van der Waals surface area contributed by atoms with Gasteiger partial charge in [-0.25, -0.2) is 4.79 Å². The molecule has 0 bridgehead atoms. The Morgan fingerprint density at radius 3 is 2.47 bits per heavy atom. The van der Waals surface area contributed by atoms with Crippen LogP contribution in [0.25, 0.3) is 5.70 Å². The quantitative estimate of drug-likeness (QED) is 0.283. The van der Waals surface area contributed by atoms with Crippen LogP contribution in [0.5, 0.6) is 0 Å². The number of anilines is 2. The maximum absolute atomic E-state index is 13.4. The summed E-state index contributed by atoms with van der Waals surface area (Å²) in [7, 11) is 2.09. The van der Waals surface area contributed by atoms with Crippen molar-refractivity contribution < 1.29 is 14.3 Å². The van der Waals surface area contributed by atoms with E-state index in [-0.39, 0.29) is 12.4 Å². The summed E-state index contributed by atoms with van der Waals surface area (Å²) in [6.45, 7) is 4.53. The Morgan fingerprint density at radius 2 is 1.78 bits per heavy atom. The Hall–Kier alpha value is -3.94. The average Bonchev–Trinajstić information content (AvgIpc) is 3.23. The second kappa shape index (κ2) is 11.7. The van der Waals surface area contributed by atoms with Crippen LogP contribution in [0, 0.1) is 0 Å². The standard InChI is InChI=1S/C29H32N4O3/c1-3-36-29(35)22-12-15-24-25(18-22)32-27(28(24)34)26(21-8-5-4-6-9-21)31-23-13-10-20(11-14-23)19-33(2)17-7-16-30/h4-6,8-15,18,31-32H,3,7,16-17,19,30H2,1-2H3. The van der Waals surface area contributed by atoms with Gasteiger partial charge in [0.25, 0.3) is 0 Å². The molecule has 0 amide bonds. The van der Waals surface area contributed by atoms with Crippen molar-refractivity contribution in [2.45, 2.75) is 19.9 Å². The van der Waals surface area contributed by atoms with Crippen molar-refractivity contribution in [3.8, 4) is 0 Å². The summed E-state index contributed by atoms with van der Waals surface area (Å²) in [4.78, 5) is 27.8. The highest BCUT2D eigenvalue weighted by Crippen LogP contribution is 2.34. The third-order valence-corrected chi connectivity index (χ3v) is 5.99. The molecule has 0 atom stereocenters. The lowest BCUT2D eigenvalue weighted by Crippen LogP contribution is -2.21. The molecule has 4 rings (SSSR count). The van der Waals surface area contributed by atoms with E-state index in [4.69, 9.17) is 10.5 Å². The highest BCUT2D eigenvalue weighted by Gasteiger charge is 2.29. The zero-order chi connectivity index (χ0) is 25.5. The zero-order valence-corrected chi connectivity index (χ0v) is 20.7. The number of allylic oxidation sites excluding steroid dienone is 1. The molecule has 0 unspecified atom stereocenters. The molecule has 0 aromatic heterocycles. The number of hydrogen-bond acceptors (Lipinski definition) is 7. The molecule has 7 heteroatoms. The van der Waals surface area contributed by atoms with Gasteiger partial charge in [0.1, 0.15) is 5.70 Å². The van der Waals surface area contributed by atoms with Gasteiger partial charge in [-0.2, -0.15) is 0 Å². The van der Waals surface area contributed by atoms with E-state index >= 15 is 0 Å². The number of rotatable bonds is 10. The van der Waals surface area contributed by atoms with Crippen LogP contribution in [0.1, 0.15) is 45.2 Å². The molecule has 1 aliphatic rings. The monoisotopic (exact) mass is 484 g/mol. The van der Waals surface area contributed by atoms with Gasteiger partial charge in [-0.05, 0) is 69.4 Å². The minimum absolute atomic E-state index is 0.134. The Morgan fingerprint density at radius 1 is 1.03 bits per heavy atom. The molecule has 3 aromatic rings. The topological polar surface area (TPSA) is 96.7 Å². The molecule has 0 saturated carbocycles. The van der Waals surface area contributed by atoms with Crippen LogP contribution >= 0.6 is 0 Å². The second-order valence-electron chi connectivity index (χ2n) is 8.75. The van der Waals surface area contributed by atoms with Gasteiger partial charge in [-0.1, -0.05) is 42.5 Å². The van der Waals surface area contributed by atoms with E-state index in [1.165, 1.54) is 5.56 Å². The van der Waals surface area contributed by atoms with Crippen LogP contribution in [-0.4, -0.2) is 43.4 Å². The number of hydrogen-bond donors (Lipinski definition) is 3. The molecular weight excluding hydrogens is 452 g/mol. The van der Waals surface area contributed by atoms with E-state index in [1.54, 1.807) is 25.1 Å². The van der Waals surface area contributed by atoms with E-state index in [2.05, 4.69) is 34.7 Å². The van der Waals surface area contributed by atoms with E-state index in [1.807, 2.05) is 42.5 Å². The first kappa shape index (κ1) is 25.2. The van der Waals surface area contributed by atoms with Gasteiger partial charge in [-0.3, -0.25) is 4.79 Å². The lowest BCUT2D eigenvalue weighted by atomic mass is 10.0. The Balaban J connectivity index is 1.62. The van der Waals surface area contributed by atoms with Crippen LogP contribution in [0.4, 0.5) is 11.4 Å². The summed E-state index contributed by atoms with van der Waals surface area (Å²) in [5.41, 5.74) is 11.2. The number of ether oxygens (including phenoxy) is 1. The Kier molecular flexibility index (Phi) is 8.15. The van der Waals surface area contributed by atoms with Crippen molar-refractivity contribution in [2.24, 2.45) is 5.73 Å². The highest BCUT2D eigenvalue weighted by atomic mass is 16.5. The van der Waals surface area contributed by atoms with E-state index in [0.29, 0.717) is 34.8 Å². The summed E-state index contributed by atoms with van der Waals surface area (Å²) in [5, 5.41) is 6.69. The number of benzene rings is 3. The smallest absolute Gasteiger partial charge is 0.338 e. The largest absolute Gasteiger partial charge is 0.462 e. The first-order chi connectivity index (χ1) is 17.5. The number of nitrogens with one attached hydrogen (secondary N) is 2. The second-order valence-corrected chi connectivity index (χ2v) is 8.75. The molecule has 0 aliphatic carbocycles. The van der Waals surface area contributed by atoms with Gasteiger partial charge in [0.15, 0.2) is 0 Å². The van der Waals surface area contributed by atoms with Gasteiger partial charge >= 0.3 is 5.97 Å². The van der Waals surface area contributed by atoms with Crippen LogP contribution in [-0.2, 0) is 11.3 Å². The molecule has 36 heavy (non-hydrogen) atoms. The molecule has 3 aromatic carbocycles. The fourth-order valence-corrected chi connectivity index (χ4v) is 4.16. The van der Waals surface area contributed by atoms with Gasteiger partial charge in [0.05, 0.1) is 23.6 Å². The Bertz CT molecular complexity index is 1250. The third kappa shape index (κ3) is 5.82. The normalized spacial score (nSPS) is 13.8. The number of carbonyl (C=O) groups is 2. The van der Waals surface area contributed by atoms with Crippen molar-refractivity contribution >= 4 is 28.8 Å². The maximum Gasteiger partial charge on any atom is 0.338 e. The lowest BCUT2D eigenvalue weighted by molar-refractivity contribution is 0.0526. The van der Waals surface area contributed by atoms with Gasteiger partial charge in [0.2, 0.25) is 5.78 Å². The minimum Gasteiger partial charge on any atom is -0.462 e. The van der Waals surface area contributed by atoms with E-state index in [0.717, 1.165) is 30.8 Å². The van der Waals surface area contributed by atoms with Crippen LogP contribution in [0.3, 0.4) is 0 Å². The predicted molar refractivity (Wildman–Crippen MR) is 144 cm³/mol. The number of nitrogens with two attached hydrogens (primary N) is 1. The first-order valence-corrected chi connectivity index (χ1v) is 12.2. The molecular formula is C29H32N4O3. The van der Waals surface area contributed by atoms with Crippen molar-refractivity contribution in [1.82, 2.24) is 4.90 Å². The SMILES string of the molecule is CCOC(=O)c1ccc2c(c1)NC(=C(Nc1ccc(CN(C)CCCN)cc1)c1ccccc1)C2=O. The average molecular weight is 485 g/mol. The Labute approximate surface area is 212 Å². The third-order valence-electron chi connectivity index (χ3n) is 5.99. The number of esters is 1. The zero-order valence-electron chi connectivity index (χ0n) is 20.7. The molecule has 7 nitrogen and oxygen atoms in total. The van der Waals surface area contributed by atoms with E-state index in [9.17, 15) is 9.59 Å². The summed E-state index contributed by atoms with van der Waals surface area (Å²) in [6, 6.07) is 22.9. The predicted octanol–water partition coefficient (Wildman–Crippen LogP) is 4.73. The molecule has 0 saturated heterocycles. The molecule has 186 valence electrons. The van der Waals surface area contributed by atoms with Gasteiger partial charge in [0, 0.05) is 23.4 Å². The molecule has 0 spiro atoms. The van der Waals surface area contributed by atoms with Crippen LogP contribution < -0.4 is 16.4 Å². The van der Waals surface area contributed by atoms with E-state index < -0.39 is 5.97 Å². The van der Waals surface area contributed by atoms with Crippen molar-refractivity contribution in [3.63, 3.8) is 0 Å². The summed E-state index contributed by atoms with van der Waals surface area (Å²) < 4.78 is 5.11. The number of ketones is 1. The van der Waals surface area contributed by atoms with Crippen molar-refractivity contribution in [2.75, 3.05) is 37.4 Å². The minimum atomic E-state index is -0.415. The van der Waals surface area contributed by atoms with Crippen LogP contribution in [0.15, 0.2) is 78.5 Å². The fraction of sp³-hybridized carbons (Fsp3) is 0.241. The van der Waals surface area contributed by atoms with Crippen molar-refractivity contribution in [3.05, 3.63) is 101 Å². The summed E-state index contributed by atoms with van der Waals surface area (Å²) >= 11 is 0.